The van der Waals surface area contributed by atoms with Crippen LogP contribution < -0.4 is 5.32 Å². The van der Waals surface area contributed by atoms with Gasteiger partial charge in [-0.3, -0.25) is 19.8 Å². The van der Waals surface area contributed by atoms with E-state index in [0.717, 1.165) is 0 Å². The standard InChI is InChI=1S/C15H18N2O7/c1-9(14-12(6-7-18)16-15(14)20)23-24-13(19)8-10-2-4-11(5-3-10)17(21)22/h2-5,9,12,14,18H,6-8H2,1H3,(H,16,20). The van der Waals surface area contributed by atoms with Gasteiger partial charge in [-0.05, 0) is 18.9 Å². The number of nitro groups is 1. The molecule has 130 valence electrons. The van der Waals surface area contributed by atoms with Gasteiger partial charge in [0.25, 0.3) is 5.69 Å². The van der Waals surface area contributed by atoms with Crippen molar-refractivity contribution in [3.8, 4) is 0 Å². The molecule has 1 fully saturated rings. The number of nitrogens with one attached hydrogen (secondary N) is 1. The lowest BCUT2D eigenvalue weighted by Crippen LogP contribution is -2.62. The normalized spacial score (nSPS) is 20.7. The number of amides is 1. The maximum Gasteiger partial charge on any atom is 0.346 e. The Morgan fingerprint density at radius 2 is 2.08 bits per heavy atom. The smallest absolute Gasteiger partial charge is 0.346 e. The van der Waals surface area contributed by atoms with E-state index in [1.54, 1.807) is 6.92 Å². The van der Waals surface area contributed by atoms with E-state index in [2.05, 4.69) is 5.32 Å². The summed E-state index contributed by atoms with van der Waals surface area (Å²) in [5.41, 5.74) is 0.476. The van der Waals surface area contributed by atoms with Gasteiger partial charge < -0.3 is 10.4 Å². The third-order valence-electron chi connectivity index (χ3n) is 3.80. The van der Waals surface area contributed by atoms with E-state index in [4.69, 9.17) is 14.9 Å². The molecule has 1 saturated heterocycles. The number of rotatable bonds is 8. The van der Waals surface area contributed by atoms with Gasteiger partial charge in [-0.15, -0.1) is 0 Å². The molecule has 1 heterocycles. The van der Waals surface area contributed by atoms with Gasteiger partial charge in [0.2, 0.25) is 5.91 Å². The third-order valence-corrected chi connectivity index (χ3v) is 3.80. The van der Waals surface area contributed by atoms with Gasteiger partial charge in [-0.2, -0.15) is 4.89 Å². The van der Waals surface area contributed by atoms with Crippen molar-refractivity contribution >= 4 is 17.6 Å². The number of nitro benzene ring substituents is 1. The van der Waals surface area contributed by atoms with Crippen LogP contribution in [0.25, 0.3) is 0 Å². The molecule has 24 heavy (non-hydrogen) atoms. The van der Waals surface area contributed by atoms with Crippen molar-refractivity contribution in [1.29, 1.82) is 0 Å². The number of carbonyl (C=O) groups is 2. The topological polar surface area (TPSA) is 128 Å². The van der Waals surface area contributed by atoms with Crippen molar-refractivity contribution < 1.29 is 29.4 Å². The highest BCUT2D eigenvalue weighted by Crippen LogP contribution is 2.24. The molecule has 1 amide bonds. The minimum Gasteiger partial charge on any atom is -0.396 e. The molecular weight excluding hydrogens is 320 g/mol. The highest BCUT2D eigenvalue weighted by molar-refractivity contribution is 5.86. The molecule has 3 unspecified atom stereocenters. The summed E-state index contributed by atoms with van der Waals surface area (Å²) in [7, 11) is 0. The summed E-state index contributed by atoms with van der Waals surface area (Å²) in [4.78, 5) is 43.0. The summed E-state index contributed by atoms with van der Waals surface area (Å²) >= 11 is 0. The van der Waals surface area contributed by atoms with Crippen LogP contribution in [0, 0.1) is 16.0 Å². The first kappa shape index (κ1) is 17.8. The van der Waals surface area contributed by atoms with E-state index in [1.165, 1.54) is 24.3 Å². The van der Waals surface area contributed by atoms with Crippen molar-refractivity contribution in [2.75, 3.05) is 6.61 Å². The van der Waals surface area contributed by atoms with Crippen LogP contribution in [0.4, 0.5) is 5.69 Å². The zero-order valence-corrected chi connectivity index (χ0v) is 13.0. The first-order valence-electron chi connectivity index (χ1n) is 7.43. The van der Waals surface area contributed by atoms with Crippen LogP contribution in [0.15, 0.2) is 24.3 Å². The second kappa shape index (κ2) is 7.84. The Hall–Kier alpha value is -2.52. The number of benzene rings is 1. The summed E-state index contributed by atoms with van der Waals surface area (Å²) < 4.78 is 0. The molecule has 9 nitrogen and oxygen atoms in total. The number of β-lactam (4-membered cyclic amide) rings is 1. The van der Waals surface area contributed by atoms with Crippen LogP contribution in [0.3, 0.4) is 0 Å². The minimum absolute atomic E-state index is 0.0614. The van der Waals surface area contributed by atoms with Gasteiger partial charge in [-0.1, -0.05) is 12.1 Å². The number of nitrogens with zero attached hydrogens (tertiary/aromatic N) is 1. The molecule has 3 atom stereocenters. The highest BCUT2D eigenvalue weighted by Gasteiger charge is 2.43. The largest absolute Gasteiger partial charge is 0.396 e. The Balaban J connectivity index is 1.80. The summed E-state index contributed by atoms with van der Waals surface area (Å²) in [5, 5.41) is 22.1. The number of hydrogen-bond donors (Lipinski definition) is 2. The van der Waals surface area contributed by atoms with E-state index in [0.29, 0.717) is 12.0 Å². The fourth-order valence-electron chi connectivity index (χ4n) is 2.51. The van der Waals surface area contributed by atoms with E-state index in [-0.39, 0.29) is 30.7 Å². The molecule has 1 aliphatic rings. The fraction of sp³-hybridized carbons (Fsp3) is 0.467. The molecule has 1 aromatic carbocycles. The minimum atomic E-state index is -0.672. The van der Waals surface area contributed by atoms with Crippen molar-refractivity contribution in [3.63, 3.8) is 0 Å². The van der Waals surface area contributed by atoms with Crippen LogP contribution in [0.2, 0.25) is 0 Å². The van der Waals surface area contributed by atoms with Gasteiger partial charge >= 0.3 is 5.97 Å². The first-order chi connectivity index (χ1) is 11.4. The zero-order valence-electron chi connectivity index (χ0n) is 13.0. The first-order valence-corrected chi connectivity index (χ1v) is 7.43. The highest BCUT2D eigenvalue weighted by atomic mass is 17.2. The maximum absolute atomic E-state index is 11.7. The van der Waals surface area contributed by atoms with Crippen LogP contribution in [0.5, 0.6) is 0 Å². The van der Waals surface area contributed by atoms with Gasteiger partial charge in [0, 0.05) is 24.8 Å². The van der Waals surface area contributed by atoms with E-state index in [1.807, 2.05) is 0 Å². The Kier molecular flexibility index (Phi) is 5.83. The third kappa shape index (κ3) is 4.27. The van der Waals surface area contributed by atoms with Crippen LogP contribution in [-0.4, -0.2) is 40.7 Å². The molecule has 0 bridgehead atoms. The van der Waals surface area contributed by atoms with Gasteiger partial charge in [0.1, 0.15) is 6.10 Å². The molecule has 0 aliphatic carbocycles. The number of carbonyl (C=O) groups excluding carboxylic acids is 2. The Morgan fingerprint density at radius 3 is 2.62 bits per heavy atom. The monoisotopic (exact) mass is 338 g/mol. The molecule has 1 aromatic rings. The number of aliphatic hydroxyl groups is 1. The van der Waals surface area contributed by atoms with E-state index < -0.39 is 22.9 Å². The van der Waals surface area contributed by atoms with Gasteiger partial charge in [-0.25, -0.2) is 4.79 Å². The zero-order chi connectivity index (χ0) is 17.7. The van der Waals surface area contributed by atoms with Crippen LogP contribution in [0.1, 0.15) is 18.9 Å². The predicted octanol–water partition coefficient (Wildman–Crippen LogP) is 0.498. The number of non-ortho nitro benzene ring substituents is 1. The Bertz CT molecular complexity index is 617. The predicted molar refractivity (Wildman–Crippen MR) is 80.6 cm³/mol. The van der Waals surface area contributed by atoms with Crippen molar-refractivity contribution in [3.05, 3.63) is 39.9 Å². The average Bonchev–Trinajstić information content (AvgIpc) is 2.53. The lowest BCUT2D eigenvalue weighted by molar-refractivity contribution is -0.384. The Morgan fingerprint density at radius 1 is 1.42 bits per heavy atom. The van der Waals surface area contributed by atoms with Gasteiger partial charge in [0.15, 0.2) is 0 Å². The maximum atomic E-state index is 11.7. The molecule has 0 spiro atoms. The van der Waals surface area contributed by atoms with Crippen molar-refractivity contribution in [2.45, 2.75) is 31.9 Å². The molecule has 1 aliphatic heterocycles. The second-order valence-corrected chi connectivity index (χ2v) is 5.51. The quantitative estimate of drug-likeness (QED) is 0.306. The molecule has 0 aromatic heterocycles. The molecule has 2 N–H and O–H groups in total. The lowest BCUT2D eigenvalue weighted by Gasteiger charge is -2.38. The summed E-state index contributed by atoms with van der Waals surface area (Å²) in [5.74, 6) is -1.37. The van der Waals surface area contributed by atoms with Crippen molar-refractivity contribution in [2.24, 2.45) is 5.92 Å². The summed E-state index contributed by atoms with van der Waals surface area (Å²) in [6.45, 7) is 1.54. The SMILES string of the molecule is CC(OOC(=O)Cc1ccc([N+](=O)[O-])cc1)C1C(=O)NC1CCO. The molecule has 9 heteroatoms. The fourth-order valence-corrected chi connectivity index (χ4v) is 2.51. The average molecular weight is 338 g/mol. The molecule has 0 saturated carbocycles. The molecule has 2 rings (SSSR count). The van der Waals surface area contributed by atoms with Crippen molar-refractivity contribution in [1.82, 2.24) is 5.32 Å². The lowest BCUT2D eigenvalue weighted by atomic mass is 9.84. The number of hydrogen-bond acceptors (Lipinski definition) is 7. The van der Waals surface area contributed by atoms with E-state index >= 15 is 0 Å². The van der Waals surface area contributed by atoms with Crippen LogP contribution in [-0.2, 0) is 25.8 Å². The van der Waals surface area contributed by atoms with Gasteiger partial charge in [0.05, 0.1) is 17.3 Å². The Labute approximate surface area is 137 Å². The van der Waals surface area contributed by atoms with Crippen LogP contribution >= 0.6 is 0 Å². The second-order valence-electron chi connectivity index (χ2n) is 5.51. The molecular formula is C15H18N2O7. The molecule has 0 radical (unpaired) electrons. The summed E-state index contributed by atoms with van der Waals surface area (Å²) in [6.07, 6.45) is -0.348. The summed E-state index contributed by atoms with van der Waals surface area (Å²) in [6, 6.07) is 5.30. The number of aliphatic hydroxyl groups excluding tert-OH is 1. The van der Waals surface area contributed by atoms with E-state index in [9.17, 15) is 19.7 Å².